The number of aromatic amines is 1. The number of hydrogen-bond acceptors (Lipinski definition) is 12. The van der Waals surface area contributed by atoms with E-state index in [0.29, 0.717) is 45.7 Å². The Hall–Kier alpha value is -6.68. The molecule has 4 aromatic heterocycles. The zero-order valence-electron chi connectivity index (χ0n) is 29.4. The number of rotatable bonds is 7. The van der Waals surface area contributed by atoms with Gasteiger partial charge >= 0.3 is 17.5 Å². The summed E-state index contributed by atoms with van der Waals surface area (Å²) < 4.78 is 25.2. The molecule has 0 aliphatic heterocycles. The molecule has 0 fully saturated rings. The molecule has 7 rings (SSSR count). The van der Waals surface area contributed by atoms with Crippen LogP contribution in [0.4, 0.5) is 16.4 Å². The van der Waals surface area contributed by atoms with Crippen LogP contribution >= 0.6 is 11.6 Å². The summed E-state index contributed by atoms with van der Waals surface area (Å²) in [7, 11) is 4.63. The number of ether oxygens (including phenoxy) is 4. The molecule has 0 bridgehead atoms. The largest absolute Gasteiger partial charge is 0.493 e. The zero-order chi connectivity index (χ0) is 37.9. The van der Waals surface area contributed by atoms with Crippen molar-refractivity contribution < 1.29 is 23.7 Å². The quantitative estimate of drug-likeness (QED) is 0.185. The number of aromatic nitrogens is 8. The highest BCUT2D eigenvalue weighted by Crippen LogP contribution is 2.40. The van der Waals surface area contributed by atoms with Crippen molar-refractivity contribution in [3.05, 3.63) is 111 Å². The van der Waals surface area contributed by atoms with Crippen molar-refractivity contribution in [3.63, 3.8) is 0 Å². The molecule has 272 valence electrons. The molecule has 0 atom stereocenters. The Morgan fingerprint density at radius 1 is 0.774 bits per heavy atom. The number of imidazole rings is 2. The molecule has 4 heterocycles. The third-order valence-electron chi connectivity index (χ3n) is 7.54. The fraction of sp³-hybridized carbons (Fsp3) is 0.194. The summed E-state index contributed by atoms with van der Waals surface area (Å²) in [6, 6.07) is 21.0. The van der Waals surface area contributed by atoms with Gasteiger partial charge < -0.3 is 29.2 Å². The molecule has 0 radical (unpaired) electrons. The minimum Gasteiger partial charge on any atom is -0.493 e. The third-order valence-corrected chi connectivity index (χ3v) is 7.73. The van der Waals surface area contributed by atoms with Gasteiger partial charge in [0.25, 0.3) is 0 Å². The molecule has 53 heavy (non-hydrogen) atoms. The van der Waals surface area contributed by atoms with Gasteiger partial charge in [0.05, 0.1) is 43.4 Å². The summed E-state index contributed by atoms with van der Waals surface area (Å²) in [5, 5.41) is 3.12. The minimum atomic E-state index is -0.748. The van der Waals surface area contributed by atoms with Crippen LogP contribution < -0.4 is 30.9 Å². The van der Waals surface area contributed by atoms with Crippen molar-refractivity contribution in [3.8, 4) is 28.9 Å². The number of fused-ring (bicyclic) bond motifs is 2. The van der Waals surface area contributed by atoms with Crippen LogP contribution in [0.3, 0.4) is 0 Å². The fourth-order valence-electron chi connectivity index (χ4n) is 5.40. The zero-order valence-corrected chi connectivity index (χ0v) is 30.2. The van der Waals surface area contributed by atoms with E-state index in [0.717, 1.165) is 15.6 Å². The van der Waals surface area contributed by atoms with E-state index in [1.807, 2.05) is 24.3 Å². The number of halogens is 1. The lowest BCUT2D eigenvalue weighted by molar-refractivity contribution is 0.0537. The Balaban J connectivity index is 0.000000185. The Kier molecular flexibility index (Phi) is 10.1. The van der Waals surface area contributed by atoms with Gasteiger partial charge in [0, 0.05) is 42.3 Å². The van der Waals surface area contributed by atoms with Gasteiger partial charge in [0.15, 0.2) is 11.5 Å². The highest BCUT2D eigenvalue weighted by atomic mass is 35.5. The fourth-order valence-corrected chi connectivity index (χ4v) is 5.55. The van der Waals surface area contributed by atoms with E-state index in [4.69, 9.17) is 30.5 Å². The molecule has 3 aromatic carbocycles. The maximum absolute atomic E-state index is 12.8. The Labute approximate surface area is 306 Å². The molecule has 0 aliphatic rings. The van der Waals surface area contributed by atoms with Crippen LogP contribution in [0.25, 0.3) is 33.7 Å². The van der Waals surface area contributed by atoms with Gasteiger partial charge in [-0.3, -0.25) is 0 Å². The van der Waals surface area contributed by atoms with Crippen molar-refractivity contribution in [2.24, 2.45) is 0 Å². The predicted molar refractivity (Wildman–Crippen MR) is 199 cm³/mol. The number of methoxy groups -OCH3 is 3. The summed E-state index contributed by atoms with van der Waals surface area (Å²) in [6.07, 6.45) is 2.27. The van der Waals surface area contributed by atoms with Crippen LogP contribution in [0.1, 0.15) is 20.8 Å². The lowest BCUT2D eigenvalue weighted by Gasteiger charge is -2.19. The smallest absolute Gasteiger partial charge is 0.423 e. The monoisotopic (exact) mass is 739 g/mol. The Morgan fingerprint density at radius 2 is 1.38 bits per heavy atom. The second kappa shape index (κ2) is 14.9. The number of nitrogens with one attached hydrogen (secondary N) is 2. The summed E-state index contributed by atoms with van der Waals surface area (Å²) in [4.78, 5) is 57.2. The number of carbonyl (C=O) groups excluding carboxylic acids is 1. The first-order valence-corrected chi connectivity index (χ1v) is 16.3. The Morgan fingerprint density at radius 3 is 2.00 bits per heavy atom. The highest BCUT2D eigenvalue weighted by Gasteiger charge is 2.25. The van der Waals surface area contributed by atoms with Crippen LogP contribution in [0.15, 0.2) is 94.8 Å². The molecule has 0 amide bonds. The topological polar surface area (TPSA) is 182 Å². The van der Waals surface area contributed by atoms with Gasteiger partial charge in [-0.05, 0) is 56.6 Å². The lowest BCUT2D eigenvalue weighted by Crippen LogP contribution is -2.34. The van der Waals surface area contributed by atoms with Crippen molar-refractivity contribution in [2.75, 3.05) is 26.6 Å². The maximum Gasteiger partial charge on any atom is 0.423 e. The maximum atomic E-state index is 12.8. The average molecular weight is 740 g/mol. The van der Waals surface area contributed by atoms with E-state index >= 15 is 0 Å². The highest BCUT2D eigenvalue weighted by molar-refractivity contribution is 6.28. The van der Waals surface area contributed by atoms with E-state index < -0.39 is 17.4 Å². The molecule has 7 aromatic rings. The van der Waals surface area contributed by atoms with Crippen molar-refractivity contribution >= 4 is 51.4 Å². The van der Waals surface area contributed by atoms with Gasteiger partial charge in [-0.15, -0.1) is 0 Å². The minimum absolute atomic E-state index is 0.00787. The van der Waals surface area contributed by atoms with Crippen LogP contribution in [-0.4, -0.2) is 71.6 Å². The summed E-state index contributed by atoms with van der Waals surface area (Å²) in [5.74, 6) is 2.52. The van der Waals surface area contributed by atoms with Gasteiger partial charge in [-0.1, -0.05) is 24.3 Å². The van der Waals surface area contributed by atoms with Crippen LogP contribution in [0, 0.1) is 0 Å². The number of nitrogens with zero attached hydrogens (tertiary/aromatic N) is 7. The molecule has 0 unspecified atom stereocenters. The second-order valence-corrected chi connectivity index (χ2v) is 12.5. The van der Waals surface area contributed by atoms with E-state index in [2.05, 4.69) is 30.2 Å². The van der Waals surface area contributed by atoms with Crippen molar-refractivity contribution in [1.82, 2.24) is 38.6 Å². The SMILES string of the molecule is CC(C)(C)OC(=O)n1c(=O)n(-c2ccnc(Cl)n2)c2ccccc21.COc1cc(Nc2nccc(-n3c(=O)[nH]c4ccccc43)n2)cc(OC)c1OC. The van der Waals surface area contributed by atoms with Gasteiger partial charge in [-0.2, -0.15) is 14.5 Å². The molecule has 0 saturated carbocycles. The molecule has 0 aliphatic carbocycles. The standard InChI is InChI=1S/C20H19N5O4.C16H15ClN4O3/c1-27-15-10-12(11-16(28-2)18(15)29-3)22-19-21-9-8-17(24-19)25-14-7-5-4-6-13(14)23-20(25)26;1-16(2,3)24-15(23)21-11-7-5-4-6-10(11)20(14(21)22)12-8-9-18-13(17)19-12/h4-11H,1-3H3,(H,23,26)(H,21,22,24);4-9H,1-3H3. The summed E-state index contributed by atoms with van der Waals surface area (Å²) >= 11 is 5.82. The molecule has 2 N–H and O–H groups in total. The van der Waals surface area contributed by atoms with E-state index in [-0.39, 0.29) is 16.8 Å². The predicted octanol–water partition coefficient (Wildman–Crippen LogP) is 5.90. The third kappa shape index (κ3) is 7.52. The number of carbonyl (C=O) groups is 1. The first-order valence-electron chi connectivity index (χ1n) is 16.0. The lowest BCUT2D eigenvalue weighted by atomic mass is 10.2. The molecular formula is C36H34ClN9O7. The first-order chi connectivity index (χ1) is 25.4. The second-order valence-electron chi connectivity index (χ2n) is 12.2. The molecular weight excluding hydrogens is 706 g/mol. The van der Waals surface area contributed by atoms with Gasteiger partial charge in [0.2, 0.25) is 17.0 Å². The normalized spacial score (nSPS) is 11.2. The van der Waals surface area contributed by atoms with Gasteiger partial charge in [-0.25, -0.2) is 33.5 Å². The van der Waals surface area contributed by atoms with E-state index in [1.54, 1.807) is 96.8 Å². The number of para-hydroxylation sites is 4. The van der Waals surface area contributed by atoms with E-state index in [1.165, 1.54) is 15.3 Å². The van der Waals surface area contributed by atoms with Crippen LogP contribution in [0.5, 0.6) is 17.2 Å². The summed E-state index contributed by atoms with van der Waals surface area (Å²) in [5.41, 5.74) is 1.46. The number of benzene rings is 3. The number of anilines is 2. The first kappa shape index (κ1) is 36.1. The van der Waals surface area contributed by atoms with Crippen molar-refractivity contribution in [1.29, 1.82) is 0 Å². The van der Waals surface area contributed by atoms with E-state index in [9.17, 15) is 14.4 Å². The Bertz CT molecular complexity index is 2540. The average Bonchev–Trinajstić information content (AvgIpc) is 3.63. The molecule has 0 saturated heterocycles. The molecule has 16 nitrogen and oxygen atoms in total. The number of H-pyrrole nitrogens is 1. The molecule has 17 heteroatoms. The van der Waals surface area contributed by atoms with Crippen LogP contribution in [0.2, 0.25) is 5.28 Å². The summed E-state index contributed by atoms with van der Waals surface area (Å²) in [6.45, 7) is 5.21. The van der Waals surface area contributed by atoms with Crippen LogP contribution in [-0.2, 0) is 4.74 Å². The van der Waals surface area contributed by atoms with Gasteiger partial charge in [0.1, 0.15) is 17.2 Å². The molecule has 0 spiro atoms. The number of hydrogen-bond donors (Lipinski definition) is 2. The van der Waals surface area contributed by atoms with Crippen molar-refractivity contribution in [2.45, 2.75) is 26.4 Å².